The quantitative estimate of drug-likeness (QED) is 0.229. The fraction of sp³-hybridized carbons (Fsp3) is 0.667. The van der Waals surface area contributed by atoms with E-state index in [1.165, 1.54) is 0 Å². The summed E-state index contributed by atoms with van der Waals surface area (Å²) in [5.74, 6) is -0.678. The van der Waals surface area contributed by atoms with Crippen LogP contribution in [0.4, 0.5) is 0 Å². The zero-order valence-corrected chi connectivity index (χ0v) is 6.97. The number of carbonyl (C=O) groups excluding carboxylic acids is 1. The van der Waals surface area contributed by atoms with Crippen LogP contribution in [-0.4, -0.2) is 24.8 Å². The van der Waals surface area contributed by atoms with E-state index in [1.807, 2.05) is 0 Å². The molecule has 0 aromatic carbocycles. The minimum absolute atomic E-state index is 0. The van der Waals surface area contributed by atoms with Crippen LogP contribution < -0.4 is 34.9 Å². The Hall–Kier alpha value is 0.390. The first-order valence-electron chi connectivity index (χ1n) is 1.80. The molecule has 0 rings (SSSR count). The van der Waals surface area contributed by atoms with Gasteiger partial charge in [0.05, 0.1) is 6.54 Å². The Balaban J connectivity index is -0.000000180. The van der Waals surface area contributed by atoms with Crippen molar-refractivity contribution in [2.45, 2.75) is 0 Å². The molecule has 0 aliphatic heterocycles. The molecular weight excluding hydrogens is 121 g/mol. The molecule has 44 valence electrons. The van der Waals surface area contributed by atoms with Crippen molar-refractivity contribution >= 4 is 5.97 Å². The number of likely N-dealkylation sites (N-methyl/N-ethyl adjacent to an activating group) is 1. The average molecular weight is 129 g/mol. The molecular formula is C3H8NNaO3. The van der Waals surface area contributed by atoms with Gasteiger partial charge in [-0.2, -0.15) is 5.26 Å². The summed E-state index contributed by atoms with van der Waals surface area (Å²) < 4.78 is 0. The van der Waals surface area contributed by atoms with Crippen LogP contribution in [0.25, 0.3) is 0 Å². The molecule has 0 aliphatic rings. The van der Waals surface area contributed by atoms with Crippen LogP contribution in [0.15, 0.2) is 0 Å². The summed E-state index contributed by atoms with van der Waals surface area (Å²) in [5.41, 5.74) is 0. The predicted molar refractivity (Wildman–Crippen MR) is 23.8 cm³/mol. The topological polar surface area (TPSA) is 58.6 Å². The zero-order valence-electron chi connectivity index (χ0n) is 5.97. The third kappa shape index (κ3) is 6.39. The summed E-state index contributed by atoms with van der Waals surface area (Å²) in [7, 11) is 1.58. The van der Waals surface area contributed by atoms with Crippen molar-refractivity contribution in [3.05, 3.63) is 0 Å². The summed E-state index contributed by atoms with van der Waals surface area (Å²) >= 11 is 0. The summed E-state index contributed by atoms with van der Waals surface area (Å²) in [4.78, 5) is 13.2. The Kier molecular flexibility index (Phi) is 10.4. The molecule has 4 nitrogen and oxygen atoms in total. The van der Waals surface area contributed by atoms with E-state index in [4.69, 9.17) is 5.26 Å². The molecule has 0 aromatic rings. The molecule has 0 amide bonds. The number of hydrogen-bond acceptors (Lipinski definition) is 4. The predicted octanol–water partition coefficient (Wildman–Crippen LogP) is -3.66. The van der Waals surface area contributed by atoms with E-state index in [-0.39, 0.29) is 37.5 Å². The molecule has 0 saturated carbocycles. The van der Waals surface area contributed by atoms with Crippen LogP contribution in [0.1, 0.15) is 1.43 Å². The van der Waals surface area contributed by atoms with Crippen LogP contribution in [0.5, 0.6) is 0 Å². The van der Waals surface area contributed by atoms with Crippen LogP contribution >= 0.6 is 0 Å². The van der Waals surface area contributed by atoms with E-state index in [9.17, 15) is 4.79 Å². The Morgan fingerprint density at radius 3 is 2.62 bits per heavy atom. The maximum Gasteiger partial charge on any atom is 1.00 e. The molecule has 8 heavy (non-hydrogen) atoms. The smallest absolute Gasteiger partial charge is 1.00 e. The van der Waals surface area contributed by atoms with E-state index in [2.05, 4.69) is 10.2 Å². The second-order valence-corrected chi connectivity index (χ2v) is 0.994. The van der Waals surface area contributed by atoms with Crippen molar-refractivity contribution in [3.8, 4) is 0 Å². The number of hydrogen-bond donors (Lipinski definition) is 2. The summed E-state index contributed by atoms with van der Waals surface area (Å²) in [5, 5.41) is 10.1. The van der Waals surface area contributed by atoms with Crippen molar-refractivity contribution in [2.75, 3.05) is 13.6 Å². The van der Waals surface area contributed by atoms with Crippen LogP contribution in [0.2, 0.25) is 0 Å². The van der Waals surface area contributed by atoms with E-state index in [0.717, 1.165) is 0 Å². The monoisotopic (exact) mass is 129 g/mol. The Bertz CT molecular complexity index is 72.1. The van der Waals surface area contributed by atoms with Crippen molar-refractivity contribution in [3.63, 3.8) is 0 Å². The van der Waals surface area contributed by atoms with Crippen LogP contribution in [-0.2, 0) is 9.68 Å². The molecule has 0 radical (unpaired) electrons. The first kappa shape index (κ1) is 11.2. The molecule has 0 aliphatic carbocycles. The van der Waals surface area contributed by atoms with Gasteiger partial charge in [0.15, 0.2) is 0 Å². The molecule has 0 fully saturated rings. The first-order valence-corrected chi connectivity index (χ1v) is 1.80. The SMILES string of the molecule is CNCC(=O)OO.[H-].[Na+]. The van der Waals surface area contributed by atoms with Gasteiger partial charge in [-0.1, -0.05) is 0 Å². The van der Waals surface area contributed by atoms with Crippen molar-refractivity contribution < 1.29 is 45.9 Å². The zero-order chi connectivity index (χ0) is 5.70. The van der Waals surface area contributed by atoms with Gasteiger partial charge >= 0.3 is 35.5 Å². The number of nitrogens with one attached hydrogen (secondary N) is 1. The molecule has 0 saturated heterocycles. The fourth-order valence-corrected chi connectivity index (χ4v) is 0.177. The first-order chi connectivity index (χ1) is 3.31. The van der Waals surface area contributed by atoms with Gasteiger partial charge in [0.2, 0.25) is 0 Å². The van der Waals surface area contributed by atoms with E-state index in [1.54, 1.807) is 7.05 Å². The van der Waals surface area contributed by atoms with Gasteiger partial charge in [-0.05, 0) is 7.05 Å². The third-order valence-electron chi connectivity index (χ3n) is 0.423. The van der Waals surface area contributed by atoms with Crippen molar-refractivity contribution in [2.24, 2.45) is 0 Å². The maximum absolute atomic E-state index is 9.88. The molecule has 0 bridgehead atoms. The normalized spacial score (nSPS) is 7.25. The van der Waals surface area contributed by atoms with Gasteiger partial charge < -0.3 is 6.74 Å². The van der Waals surface area contributed by atoms with Gasteiger partial charge in [0.1, 0.15) is 0 Å². The van der Waals surface area contributed by atoms with Crippen molar-refractivity contribution in [1.29, 1.82) is 0 Å². The minimum Gasteiger partial charge on any atom is -1.00 e. The van der Waals surface area contributed by atoms with Gasteiger partial charge in [0.25, 0.3) is 0 Å². The largest absolute Gasteiger partial charge is 1.00 e. The standard InChI is InChI=1S/C3H7NO3.Na.H/c1-4-2-3(5)7-6;;/h4,6H,2H2,1H3;;/q;+1;-1. The molecule has 5 heteroatoms. The average Bonchev–Trinajstić information content (AvgIpc) is 1.68. The Morgan fingerprint density at radius 1 is 2.00 bits per heavy atom. The molecule has 0 heterocycles. The third-order valence-corrected chi connectivity index (χ3v) is 0.423. The summed E-state index contributed by atoms with van der Waals surface area (Å²) in [6.45, 7) is 0.0382. The fourth-order valence-electron chi connectivity index (χ4n) is 0.177. The molecule has 0 spiro atoms. The van der Waals surface area contributed by atoms with Crippen LogP contribution in [0.3, 0.4) is 0 Å². The van der Waals surface area contributed by atoms with Gasteiger partial charge in [-0.3, -0.25) is 4.89 Å². The minimum atomic E-state index is -0.678. The second kappa shape index (κ2) is 7.39. The van der Waals surface area contributed by atoms with E-state index in [0.29, 0.717) is 0 Å². The van der Waals surface area contributed by atoms with Crippen LogP contribution in [0, 0.1) is 0 Å². The van der Waals surface area contributed by atoms with Gasteiger partial charge in [-0.15, -0.1) is 0 Å². The van der Waals surface area contributed by atoms with Gasteiger partial charge in [-0.25, -0.2) is 4.79 Å². The Labute approximate surface area is 70.9 Å². The summed E-state index contributed by atoms with van der Waals surface area (Å²) in [6.07, 6.45) is 0. The maximum atomic E-state index is 9.88. The Morgan fingerprint density at radius 2 is 2.50 bits per heavy atom. The van der Waals surface area contributed by atoms with Crippen molar-refractivity contribution in [1.82, 2.24) is 5.32 Å². The molecule has 0 unspecified atom stereocenters. The molecule has 2 N–H and O–H groups in total. The molecule has 0 aromatic heterocycles. The summed E-state index contributed by atoms with van der Waals surface area (Å²) in [6, 6.07) is 0. The van der Waals surface area contributed by atoms with E-state index >= 15 is 0 Å². The number of rotatable bonds is 2. The number of carbonyl (C=O) groups is 1. The van der Waals surface area contributed by atoms with E-state index < -0.39 is 5.97 Å². The molecule has 0 atom stereocenters. The van der Waals surface area contributed by atoms with Gasteiger partial charge in [0, 0.05) is 0 Å². The second-order valence-electron chi connectivity index (χ2n) is 0.994.